The van der Waals surface area contributed by atoms with Gasteiger partial charge in [-0.3, -0.25) is 4.90 Å². The third-order valence-electron chi connectivity index (χ3n) is 4.64. The first-order valence-corrected chi connectivity index (χ1v) is 6.56. The van der Waals surface area contributed by atoms with E-state index in [1.165, 1.54) is 12.8 Å². The SMILES string of the molecule is COC1(OC)CN(C2(CO)CCCC(C)C2)C1. The molecular formula is C13H25NO3. The second-order valence-corrected chi connectivity index (χ2v) is 5.76. The average molecular weight is 243 g/mol. The highest BCUT2D eigenvalue weighted by molar-refractivity contribution is 5.03. The molecule has 1 saturated heterocycles. The number of ether oxygens (including phenoxy) is 2. The van der Waals surface area contributed by atoms with Crippen molar-refractivity contribution < 1.29 is 14.6 Å². The van der Waals surface area contributed by atoms with Crippen LogP contribution in [0.15, 0.2) is 0 Å². The van der Waals surface area contributed by atoms with Gasteiger partial charge in [0.25, 0.3) is 0 Å². The van der Waals surface area contributed by atoms with E-state index in [1.54, 1.807) is 14.2 Å². The van der Waals surface area contributed by atoms with Gasteiger partial charge < -0.3 is 14.6 Å². The van der Waals surface area contributed by atoms with E-state index in [0.717, 1.165) is 25.9 Å². The van der Waals surface area contributed by atoms with Gasteiger partial charge in [0.15, 0.2) is 5.79 Å². The summed E-state index contributed by atoms with van der Waals surface area (Å²) in [6.45, 7) is 4.07. The maximum atomic E-state index is 9.79. The third-order valence-corrected chi connectivity index (χ3v) is 4.64. The molecular weight excluding hydrogens is 218 g/mol. The second-order valence-electron chi connectivity index (χ2n) is 5.76. The molecule has 1 saturated carbocycles. The minimum absolute atomic E-state index is 0.0295. The summed E-state index contributed by atoms with van der Waals surface area (Å²) in [7, 11) is 3.38. The monoisotopic (exact) mass is 243 g/mol. The first kappa shape index (κ1) is 13.3. The van der Waals surface area contributed by atoms with E-state index >= 15 is 0 Å². The summed E-state index contributed by atoms with van der Waals surface area (Å²) < 4.78 is 10.8. The Hall–Kier alpha value is -0.160. The van der Waals surface area contributed by atoms with Gasteiger partial charge in [0.1, 0.15) is 0 Å². The van der Waals surface area contributed by atoms with Crippen LogP contribution in [0.4, 0.5) is 0 Å². The van der Waals surface area contributed by atoms with E-state index < -0.39 is 5.79 Å². The Morgan fingerprint density at radius 1 is 1.29 bits per heavy atom. The molecule has 0 aromatic carbocycles. The van der Waals surface area contributed by atoms with Gasteiger partial charge in [0, 0.05) is 19.8 Å². The molecule has 0 aromatic rings. The van der Waals surface area contributed by atoms with Gasteiger partial charge in [0.05, 0.1) is 19.7 Å². The number of rotatable bonds is 4. The van der Waals surface area contributed by atoms with Gasteiger partial charge in [-0.25, -0.2) is 0 Å². The van der Waals surface area contributed by atoms with Crippen LogP contribution in [0.5, 0.6) is 0 Å². The Balaban J connectivity index is 2.01. The van der Waals surface area contributed by atoms with Crippen molar-refractivity contribution in [3.05, 3.63) is 0 Å². The second kappa shape index (κ2) is 4.84. The number of hydrogen-bond donors (Lipinski definition) is 1. The van der Waals surface area contributed by atoms with Crippen LogP contribution in [0.3, 0.4) is 0 Å². The van der Waals surface area contributed by atoms with Crippen molar-refractivity contribution in [2.75, 3.05) is 33.9 Å². The summed E-state index contributed by atoms with van der Waals surface area (Å²) >= 11 is 0. The predicted molar refractivity (Wildman–Crippen MR) is 65.8 cm³/mol. The van der Waals surface area contributed by atoms with Gasteiger partial charge in [-0.1, -0.05) is 19.8 Å². The fourth-order valence-electron chi connectivity index (χ4n) is 3.38. The van der Waals surface area contributed by atoms with Crippen LogP contribution < -0.4 is 0 Å². The summed E-state index contributed by atoms with van der Waals surface area (Å²) in [5.41, 5.74) is -0.0295. The molecule has 0 radical (unpaired) electrons. The van der Waals surface area contributed by atoms with E-state index in [0.29, 0.717) is 5.92 Å². The average Bonchev–Trinajstić information content (AvgIpc) is 2.29. The maximum absolute atomic E-state index is 9.79. The molecule has 2 fully saturated rings. The number of aliphatic hydroxyl groups excluding tert-OH is 1. The van der Waals surface area contributed by atoms with Crippen molar-refractivity contribution in [2.24, 2.45) is 5.92 Å². The van der Waals surface area contributed by atoms with Crippen LogP contribution in [0.2, 0.25) is 0 Å². The van der Waals surface area contributed by atoms with Crippen molar-refractivity contribution in [3.8, 4) is 0 Å². The molecule has 1 N–H and O–H groups in total. The van der Waals surface area contributed by atoms with Gasteiger partial charge in [-0.2, -0.15) is 0 Å². The molecule has 0 aromatic heterocycles. The Morgan fingerprint density at radius 3 is 2.41 bits per heavy atom. The summed E-state index contributed by atoms with van der Waals surface area (Å²) in [6.07, 6.45) is 4.69. The van der Waals surface area contributed by atoms with E-state index in [4.69, 9.17) is 9.47 Å². The number of nitrogens with zero attached hydrogens (tertiary/aromatic N) is 1. The van der Waals surface area contributed by atoms with E-state index in [-0.39, 0.29) is 12.1 Å². The quantitative estimate of drug-likeness (QED) is 0.754. The lowest BCUT2D eigenvalue weighted by atomic mass is 9.74. The molecule has 0 spiro atoms. The van der Waals surface area contributed by atoms with Crippen LogP contribution in [0.1, 0.15) is 32.6 Å². The first-order chi connectivity index (χ1) is 8.10. The number of aliphatic hydroxyl groups is 1. The highest BCUT2D eigenvalue weighted by atomic mass is 16.7. The predicted octanol–water partition coefficient (Wildman–Crippen LogP) is 1.23. The zero-order chi connectivity index (χ0) is 12.5. The van der Waals surface area contributed by atoms with Crippen molar-refractivity contribution in [3.63, 3.8) is 0 Å². The summed E-state index contributed by atoms with van der Waals surface area (Å²) in [5.74, 6) is 0.263. The Kier molecular flexibility index (Phi) is 3.78. The minimum atomic E-state index is -0.442. The topological polar surface area (TPSA) is 41.9 Å². The Morgan fingerprint density at radius 2 is 1.94 bits per heavy atom. The fraction of sp³-hybridized carbons (Fsp3) is 1.00. The molecule has 17 heavy (non-hydrogen) atoms. The van der Waals surface area contributed by atoms with Crippen LogP contribution in [-0.4, -0.2) is 55.2 Å². The van der Waals surface area contributed by atoms with Gasteiger partial charge in [0.2, 0.25) is 0 Å². The van der Waals surface area contributed by atoms with Crippen LogP contribution in [0.25, 0.3) is 0 Å². The minimum Gasteiger partial charge on any atom is -0.394 e. The standard InChI is InChI=1S/C13H25NO3/c1-11-5-4-6-12(7-11,10-15)14-8-13(9-14,16-2)17-3/h11,15H,4-10H2,1-3H3. The molecule has 0 amide bonds. The lowest BCUT2D eigenvalue weighted by molar-refractivity contribution is -0.298. The number of methoxy groups -OCH3 is 2. The molecule has 2 rings (SSSR count). The maximum Gasteiger partial charge on any atom is 0.193 e. The van der Waals surface area contributed by atoms with E-state index in [9.17, 15) is 5.11 Å². The van der Waals surface area contributed by atoms with Gasteiger partial charge >= 0.3 is 0 Å². The molecule has 0 bridgehead atoms. The molecule has 2 aliphatic rings. The highest BCUT2D eigenvalue weighted by Gasteiger charge is 2.53. The molecule has 100 valence electrons. The summed E-state index contributed by atoms with van der Waals surface area (Å²) in [6, 6.07) is 0. The van der Waals surface area contributed by atoms with Crippen molar-refractivity contribution in [1.82, 2.24) is 4.90 Å². The first-order valence-electron chi connectivity index (χ1n) is 6.56. The zero-order valence-electron chi connectivity index (χ0n) is 11.2. The Bertz CT molecular complexity index is 259. The fourth-order valence-corrected chi connectivity index (χ4v) is 3.38. The zero-order valence-corrected chi connectivity index (χ0v) is 11.2. The van der Waals surface area contributed by atoms with Gasteiger partial charge in [-0.05, 0) is 18.8 Å². The molecule has 1 aliphatic heterocycles. The largest absolute Gasteiger partial charge is 0.394 e. The molecule has 1 aliphatic carbocycles. The number of hydrogen-bond acceptors (Lipinski definition) is 4. The summed E-state index contributed by atoms with van der Waals surface area (Å²) in [4.78, 5) is 2.34. The van der Waals surface area contributed by atoms with Crippen LogP contribution >= 0.6 is 0 Å². The lowest BCUT2D eigenvalue weighted by Gasteiger charge is -2.57. The molecule has 2 unspecified atom stereocenters. The Labute approximate surface area is 104 Å². The number of likely N-dealkylation sites (tertiary alicyclic amines) is 1. The van der Waals surface area contributed by atoms with Crippen LogP contribution in [-0.2, 0) is 9.47 Å². The van der Waals surface area contributed by atoms with Crippen LogP contribution in [0, 0.1) is 5.92 Å². The molecule has 4 nitrogen and oxygen atoms in total. The van der Waals surface area contributed by atoms with Gasteiger partial charge in [-0.15, -0.1) is 0 Å². The molecule has 2 atom stereocenters. The van der Waals surface area contributed by atoms with E-state index in [1.807, 2.05) is 0 Å². The molecule has 1 heterocycles. The highest BCUT2D eigenvalue weighted by Crippen LogP contribution is 2.42. The van der Waals surface area contributed by atoms with Crippen molar-refractivity contribution in [2.45, 2.75) is 43.9 Å². The van der Waals surface area contributed by atoms with Crippen molar-refractivity contribution in [1.29, 1.82) is 0 Å². The summed E-state index contributed by atoms with van der Waals surface area (Å²) in [5, 5.41) is 9.79. The van der Waals surface area contributed by atoms with Crippen molar-refractivity contribution >= 4 is 0 Å². The normalized spacial score (nSPS) is 37.8. The third kappa shape index (κ3) is 2.24. The smallest absolute Gasteiger partial charge is 0.193 e. The lowest BCUT2D eigenvalue weighted by Crippen LogP contribution is -2.72. The van der Waals surface area contributed by atoms with E-state index in [2.05, 4.69) is 11.8 Å². The molecule has 4 heteroatoms.